The van der Waals surface area contributed by atoms with Crippen molar-refractivity contribution in [1.82, 2.24) is 4.72 Å². The molecule has 0 aromatic carbocycles. The fraction of sp³-hybridized carbons (Fsp3) is 1.00. The number of rotatable bonds is 13. The fourth-order valence-corrected chi connectivity index (χ4v) is 4.01. The molecule has 0 saturated heterocycles. The molecule has 18 heteroatoms. The predicted molar refractivity (Wildman–Crippen MR) is 95.7 cm³/mol. The molecule has 206 valence electrons. The van der Waals surface area contributed by atoms with Gasteiger partial charge in [0.05, 0.1) is 26.4 Å². The molecule has 1 atom stereocenters. The first kappa shape index (κ1) is 33.0. The molecule has 0 aliphatic heterocycles. The highest BCUT2D eigenvalue weighted by Crippen LogP contribution is 2.52. The summed E-state index contributed by atoms with van der Waals surface area (Å²) < 4.78 is 179. The minimum atomic E-state index is -6.68. The molecule has 0 amide bonds. The first-order chi connectivity index (χ1) is 14.7. The zero-order valence-electron chi connectivity index (χ0n) is 17.8. The molecule has 0 bridgehead atoms. The van der Waals surface area contributed by atoms with Crippen molar-refractivity contribution in [3.8, 4) is 0 Å². The van der Waals surface area contributed by atoms with Crippen molar-refractivity contribution in [2.45, 2.75) is 62.2 Å². The molecule has 0 aromatic heterocycles. The van der Waals surface area contributed by atoms with E-state index in [1.807, 2.05) is 4.72 Å². The summed E-state index contributed by atoms with van der Waals surface area (Å²) in [5, 5.41) is 11.3. The van der Waals surface area contributed by atoms with Gasteiger partial charge < -0.3 is 9.85 Å². The van der Waals surface area contributed by atoms with Crippen molar-refractivity contribution in [1.29, 1.82) is 0 Å². The molecule has 0 saturated carbocycles. The summed E-state index contributed by atoms with van der Waals surface area (Å²) >= 11 is 0. The lowest BCUT2D eigenvalue weighted by atomic mass is 9.84. The molecule has 0 fully saturated rings. The van der Waals surface area contributed by atoms with Gasteiger partial charge in [-0.25, -0.2) is 17.5 Å². The number of hydroxylamine groups is 3. The maximum Gasteiger partial charge on any atom is 0.453 e. The van der Waals surface area contributed by atoms with Gasteiger partial charge in [-0.2, -0.15) is 48.3 Å². The van der Waals surface area contributed by atoms with Gasteiger partial charge in [0.2, 0.25) is 10.0 Å². The quantitative estimate of drug-likeness (QED) is 0.150. The zero-order valence-corrected chi connectivity index (χ0v) is 18.7. The van der Waals surface area contributed by atoms with E-state index >= 15 is 0 Å². The summed E-state index contributed by atoms with van der Waals surface area (Å²) in [6, 6.07) is 0. The summed E-state index contributed by atoms with van der Waals surface area (Å²) in [7, 11) is -1.78. The highest BCUT2D eigenvalue weighted by atomic mass is 32.2. The monoisotopic (exact) mass is 552 g/mol. The van der Waals surface area contributed by atoms with Crippen molar-refractivity contribution in [2.24, 2.45) is 5.92 Å². The third-order valence-electron chi connectivity index (χ3n) is 4.65. The van der Waals surface area contributed by atoms with Crippen LogP contribution in [0, 0.1) is 11.1 Å². The molecule has 0 aliphatic rings. The number of alkyl halides is 12. The van der Waals surface area contributed by atoms with E-state index in [2.05, 4.69) is 0 Å². The third kappa shape index (κ3) is 10.3. The number of halogens is 12. The molecule has 5 nitrogen and oxygen atoms in total. The van der Waals surface area contributed by atoms with E-state index in [4.69, 9.17) is 0 Å². The Morgan fingerprint density at radius 1 is 0.794 bits per heavy atom. The number of hydrogen-bond acceptors (Lipinski definition) is 3. The Morgan fingerprint density at radius 3 is 1.65 bits per heavy atom. The second-order valence-electron chi connectivity index (χ2n) is 8.28. The molecular formula is C16H24F12N2O3S. The van der Waals surface area contributed by atoms with Crippen molar-refractivity contribution in [3.63, 3.8) is 0 Å². The van der Waals surface area contributed by atoms with Gasteiger partial charge in [-0.1, -0.05) is 0 Å². The number of nitrogens with one attached hydrogen (secondary N) is 1. The second-order valence-corrected chi connectivity index (χ2v) is 10.2. The van der Waals surface area contributed by atoms with Crippen LogP contribution >= 0.6 is 0 Å². The Morgan fingerprint density at radius 2 is 1.26 bits per heavy atom. The largest absolute Gasteiger partial charge is 0.633 e. The predicted octanol–water partition coefficient (Wildman–Crippen LogP) is 5.08. The topological polar surface area (TPSA) is 69.2 Å². The molecule has 34 heavy (non-hydrogen) atoms. The highest BCUT2D eigenvalue weighted by Gasteiger charge is 2.73. The lowest BCUT2D eigenvalue weighted by Gasteiger charge is -2.34. The van der Waals surface area contributed by atoms with Gasteiger partial charge in [-0.05, 0) is 18.8 Å². The lowest BCUT2D eigenvalue weighted by Crippen LogP contribution is -2.54. The highest BCUT2D eigenvalue weighted by molar-refractivity contribution is 7.89. The number of sulfonamides is 1. The van der Waals surface area contributed by atoms with Crippen LogP contribution in [-0.4, -0.2) is 76.1 Å². The van der Waals surface area contributed by atoms with Crippen molar-refractivity contribution < 1.29 is 65.7 Å². The van der Waals surface area contributed by atoms with Crippen LogP contribution in [0.4, 0.5) is 52.7 Å². The lowest BCUT2D eigenvalue weighted by molar-refractivity contribution is -0.840. The Labute approximate surface area is 187 Å². The fourth-order valence-electron chi connectivity index (χ4n) is 2.87. The SMILES string of the molecule is C[N+](C)([O-])CCCNS(=O)(=O)CCCC(CC(F)(F)C(F)(F)F)CC(F)(C(F)(F)F)C(F)(F)F. The minimum absolute atomic E-state index is 0.0255. The van der Waals surface area contributed by atoms with E-state index in [0.717, 1.165) is 0 Å². The molecule has 1 unspecified atom stereocenters. The average molecular weight is 552 g/mol. The van der Waals surface area contributed by atoms with Crippen molar-refractivity contribution >= 4 is 10.0 Å². The summed E-state index contributed by atoms with van der Waals surface area (Å²) in [6.07, 6.45) is -27.4. The maximum absolute atomic E-state index is 14.0. The van der Waals surface area contributed by atoms with Crippen LogP contribution in [0.1, 0.15) is 32.1 Å². The zero-order chi connectivity index (χ0) is 27.4. The summed E-state index contributed by atoms with van der Waals surface area (Å²) in [4.78, 5) is 0. The van der Waals surface area contributed by atoms with E-state index < -0.39 is 82.1 Å². The first-order valence-electron chi connectivity index (χ1n) is 9.52. The molecule has 0 spiro atoms. The van der Waals surface area contributed by atoms with Gasteiger partial charge in [-0.3, -0.25) is 0 Å². The number of quaternary nitrogens is 1. The van der Waals surface area contributed by atoms with E-state index in [1.165, 1.54) is 14.1 Å². The minimum Gasteiger partial charge on any atom is -0.633 e. The third-order valence-corrected chi connectivity index (χ3v) is 6.12. The normalized spacial score (nSPS) is 16.1. The van der Waals surface area contributed by atoms with E-state index in [-0.39, 0.29) is 19.5 Å². The second kappa shape index (κ2) is 10.9. The molecule has 0 aromatic rings. The van der Waals surface area contributed by atoms with E-state index in [1.54, 1.807) is 0 Å². The molecular weight excluding hydrogens is 528 g/mol. The molecule has 0 rings (SSSR count). The van der Waals surface area contributed by atoms with Crippen LogP contribution in [0.25, 0.3) is 0 Å². The van der Waals surface area contributed by atoms with Gasteiger partial charge >= 0.3 is 24.5 Å². The van der Waals surface area contributed by atoms with Gasteiger partial charge in [0.15, 0.2) is 0 Å². The van der Waals surface area contributed by atoms with Crippen LogP contribution in [0.2, 0.25) is 0 Å². The van der Waals surface area contributed by atoms with E-state index in [0.29, 0.717) is 0 Å². The first-order valence-corrected chi connectivity index (χ1v) is 11.2. The molecule has 0 aliphatic carbocycles. The average Bonchev–Trinajstić information content (AvgIpc) is 2.54. The summed E-state index contributed by atoms with van der Waals surface area (Å²) in [5.74, 6) is -9.65. The molecule has 0 heterocycles. The van der Waals surface area contributed by atoms with E-state index in [9.17, 15) is 66.3 Å². The van der Waals surface area contributed by atoms with Crippen LogP contribution in [0.5, 0.6) is 0 Å². The Balaban J connectivity index is 5.49. The van der Waals surface area contributed by atoms with Gasteiger partial charge in [0.25, 0.3) is 5.67 Å². The standard InChI is InChI=1S/C16H24F12N2O3S/c1-30(2,31)7-4-6-29-34(32,33)8-3-5-11(10-13(18,19)16(26,27)28)9-12(17,14(20,21)22)15(23,24)25/h11,29H,3-10H2,1-2H3. The van der Waals surface area contributed by atoms with Crippen LogP contribution in [0.3, 0.4) is 0 Å². The van der Waals surface area contributed by atoms with Crippen molar-refractivity contribution in [3.05, 3.63) is 5.21 Å². The van der Waals surface area contributed by atoms with Gasteiger partial charge in [0, 0.05) is 25.8 Å². The summed E-state index contributed by atoms with van der Waals surface area (Å²) in [5.41, 5.74) is -6.09. The van der Waals surface area contributed by atoms with Crippen LogP contribution in [-0.2, 0) is 10.0 Å². The number of hydrogen-bond donors (Lipinski definition) is 1. The summed E-state index contributed by atoms with van der Waals surface area (Å²) in [6.45, 7) is -0.331. The van der Waals surface area contributed by atoms with Crippen LogP contribution < -0.4 is 4.72 Å². The van der Waals surface area contributed by atoms with Crippen molar-refractivity contribution in [2.75, 3.05) is 32.9 Å². The smallest absolute Gasteiger partial charge is 0.453 e. The Bertz CT molecular complexity index is 728. The molecule has 1 N–H and O–H groups in total. The Hall–Kier alpha value is -1.01. The van der Waals surface area contributed by atoms with Crippen LogP contribution in [0.15, 0.2) is 0 Å². The number of nitrogens with zero attached hydrogens (tertiary/aromatic N) is 1. The Kier molecular flexibility index (Phi) is 10.6. The maximum atomic E-state index is 14.0. The van der Waals surface area contributed by atoms with Gasteiger partial charge in [-0.15, -0.1) is 0 Å². The molecule has 0 radical (unpaired) electrons. The van der Waals surface area contributed by atoms with Gasteiger partial charge in [0.1, 0.15) is 0 Å².